The van der Waals surface area contributed by atoms with E-state index in [1.54, 1.807) is 0 Å². The Morgan fingerprint density at radius 3 is 1.69 bits per heavy atom. The molecular formula is C55H35NO2. The molecule has 1 aliphatic rings. The van der Waals surface area contributed by atoms with E-state index in [0.717, 1.165) is 77.6 Å². The molecule has 0 saturated heterocycles. The highest BCUT2D eigenvalue weighted by Crippen LogP contribution is 2.59. The molecule has 0 aliphatic heterocycles. The maximum Gasteiger partial charge on any atom is 0.143 e. The third-order valence-corrected chi connectivity index (χ3v) is 12.1. The number of hydrogen-bond acceptors (Lipinski definition) is 3. The largest absolute Gasteiger partial charge is 0.456 e. The van der Waals surface area contributed by atoms with Crippen LogP contribution in [-0.4, -0.2) is 0 Å². The predicted octanol–water partition coefficient (Wildman–Crippen LogP) is 15.0. The lowest BCUT2D eigenvalue weighted by atomic mass is 9.67. The molecule has 0 radical (unpaired) electrons. The van der Waals surface area contributed by atoms with Gasteiger partial charge in [0, 0.05) is 22.0 Å². The summed E-state index contributed by atoms with van der Waals surface area (Å²) in [5.41, 5.74) is 15.6. The first-order valence-corrected chi connectivity index (χ1v) is 19.8. The van der Waals surface area contributed by atoms with Crippen LogP contribution in [0.1, 0.15) is 22.3 Å². The minimum absolute atomic E-state index is 0.521. The Morgan fingerprint density at radius 2 is 0.948 bits per heavy atom. The van der Waals surface area contributed by atoms with Crippen LogP contribution < -0.4 is 4.90 Å². The molecule has 0 amide bonds. The van der Waals surface area contributed by atoms with Crippen LogP contribution in [0.15, 0.2) is 221 Å². The summed E-state index contributed by atoms with van der Waals surface area (Å²) in [5, 5.41) is 4.28. The zero-order valence-electron chi connectivity index (χ0n) is 31.5. The fourth-order valence-electron chi connectivity index (χ4n) is 9.78. The van der Waals surface area contributed by atoms with E-state index in [1.165, 1.54) is 27.8 Å². The van der Waals surface area contributed by atoms with Gasteiger partial charge < -0.3 is 13.7 Å². The van der Waals surface area contributed by atoms with E-state index in [-0.39, 0.29) is 0 Å². The highest BCUT2D eigenvalue weighted by Gasteiger charge is 2.47. The van der Waals surface area contributed by atoms with Gasteiger partial charge in [-0.1, -0.05) is 170 Å². The van der Waals surface area contributed by atoms with E-state index in [1.807, 2.05) is 12.1 Å². The predicted molar refractivity (Wildman–Crippen MR) is 238 cm³/mol. The summed E-state index contributed by atoms with van der Waals surface area (Å²) in [5.74, 6) is 0. The smallest absolute Gasteiger partial charge is 0.143 e. The maximum atomic E-state index is 7.17. The molecule has 0 bridgehead atoms. The number of fused-ring (bicyclic) bond motifs is 10. The molecule has 0 spiro atoms. The van der Waals surface area contributed by atoms with E-state index in [0.29, 0.717) is 0 Å². The number of para-hydroxylation sites is 1. The quantitative estimate of drug-likeness (QED) is 0.170. The Bertz CT molecular complexity index is 3300. The standard InChI is InChI=1S/C55H35NO2/c1-4-17-36(18-5-1)37-19-14-24-40(35-37)56(46-28-15-31-49-52(46)42-26-11-13-30-48(42)57-49)47-29-16-32-50-53(47)43-33-34-45-51(54(43)58-50)41-25-10-12-27-44(41)55(45,38-20-6-2-7-21-38)39-22-8-3-9-23-39/h1-35H. The van der Waals surface area contributed by atoms with Gasteiger partial charge in [-0.05, 0) is 81.4 Å². The second-order valence-corrected chi connectivity index (χ2v) is 15.1. The molecule has 1 aliphatic carbocycles. The van der Waals surface area contributed by atoms with Crippen LogP contribution in [0.3, 0.4) is 0 Å². The molecule has 2 heterocycles. The molecule has 9 aromatic carbocycles. The number of benzene rings is 9. The Balaban J connectivity index is 1.17. The molecule has 3 heteroatoms. The second-order valence-electron chi connectivity index (χ2n) is 15.1. The van der Waals surface area contributed by atoms with Crippen LogP contribution in [0.4, 0.5) is 17.1 Å². The minimum Gasteiger partial charge on any atom is -0.456 e. The third kappa shape index (κ3) is 4.62. The fraction of sp³-hybridized carbons (Fsp3) is 0.0182. The van der Waals surface area contributed by atoms with E-state index >= 15 is 0 Å². The maximum absolute atomic E-state index is 7.17. The van der Waals surface area contributed by atoms with Crippen LogP contribution >= 0.6 is 0 Å². The van der Waals surface area contributed by atoms with E-state index in [9.17, 15) is 0 Å². The third-order valence-electron chi connectivity index (χ3n) is 12.1. The molecular weight excluding hydrogens is 707 g/mol. The molecule has 12 rings (SSSR count). The Kier molecular flexibility index (Phi) is 7.14. The molecule has 0 saturated carbocycles. The summed E-state index contributed by atoms with van der Waals surface area (Å²) >= 11 is 0. The summed E-state index contributed by atoms with van der Waals surface area (Å²) in [4.78, 5) is 2.40. The van der Waals surface area contributed by atoms with Gasteiger partial charge in [-0.25, -0.2) is 0 Å². The summed E-state index contributed by atoms with van der Waals surface area (Å²) in [7, 11) is 0. The lowest BCUT2D eigenvalue weighted by Gasteiger charge is -2.33. The number of anilines is 3. The zero-order chi connectivity index (χ0) is 38.2. The average Bonchev–Trinajstić information content (AvgIpc) is 3.97. The van der Waals surface area contributed by atoms with E-state index < -0.39 is 5.41 Å². The van der Waals surface area contributed by atoms with Gasteiger partial charge in [0.15, 0.2) is 0 Å². The molecule has 0 unspecified atom stereocenters. The van der Waals surface area contributed by atoms with Crippen LogP contribution in [0.5, 0.6) is 0 Å². The Hall–Kier alpha value is -7.62. The molecule has 0 atom stereocenters. The van der Waals surface area contributed by atoms with Crippen LogP contribution in [0.25, 0.3) is 66.1 Å². The van der Waals surface area contributed by atoms with Gasteiger partial charge in [0.25, 0.3) is 0 Å². The van der Waals surface area contributed by atoms with Gasteiger partial charge in [-0.2, -0.15) is 0 Å². The van der Waals surface area contributed by atoms with Gasteiger partial charge in [0.1, 0.15) is 22.3 Å². The lowest BCUT2D eigenvalue weighted by molar-refractivity contribution is 0.668. The van der Waals surface area contributed by atoms with Crippen molar-refractivity contribution in [3.05, 3.63) is 235 Å². The Morgan fingerprint density at radius 1 is 0.379 bits per heavy atom. The highest BCUT2D eigenvalue weighted by atomic mass is 16.3. The summed E-state index contributed by atoms with van der Waals surface area (Å²) < 4.78 is 13.7. The lowest BCUT2D eigenvalue weighted by Crippen LogP contribution is -2.28. The first-order valence-electron chi connectivity index (χ1n) is 19.8. The minimum atomic E-state index is -0.521. The van der Waals surface area contributed by atoms with Gasteiger partial charge in [-0.3, -0.25) is 0 Å². The number of hydrogen-bond donors (Lipinski definition) is 0. The topological polar surface area (TPSA) is 29.5 Å². The molecule has 2 aromatic heterocycles. The van der Waals surface area contributed by atoms with Crippen molar-refractivity contribution in [3.63, 3.8) is 0 Å². The van der Waals surface area contributed by atoms with Gasteiger partial charge in [0.2, 0.25) is 0 Å². The number of rotatable bonds is 6. The number of nitrogens with zero attached hydrogens (tertiary/aromatic N) is 1. The highest BCUT2D eigenvalue weighted by molar-refractivity contribution is 6.20. The molecule has 11 aromatic rings. The molecule has 0 fully saturated rings. The monoisotopic (exact) mass is 741 g/mol. The van der Waals surface area contributed by atoms with Crippen molar-refractivity contribution in [2.75, 3.05) is 4.90 Å². The second kappa shape index (κ2) is 12.7. The van der Waals surface area contributed by atoms with Crippen LogP contribution in [-0.2, 0) is 5.41 Å². The van der Waals surface area contributed by atoms with Crippen molar-refractivity contribution in [2.45, 2.75) is 5.41 Å². The zero-order valence-corrected chi connectivity index (χ0v) is 31.5. The molecule has 272 valence electrons. The number of furan rings is 2. The van der Waals surface area contributed by atoms with Gasteiger partial charge >= 0.3 is 0 Å². The SMILES string of the molecule is c1ccc(-c2cccc(N(c3cccc4oc5ccccc5c34)c3cccc4oc5c6c(ccc5c34)C(c3ccccc3)(c3ccccc3)c3ccccc3-6)c2)cc1. The van der Waals surface area contributed by atoms with Gasteiger partial charge in [-0.15, -0.1) is 0 Å². The summed E-state index contributed by atoms with van der Waals surface area (Å²) in [6, 6.07) is 76.0. The van der Waals surface area contributed by atoms with E-state index in [4.69, 9.17) is 8.83 Å². The fourth-order valence-corrected chi connectivity index (χ4v) is 9.78. The van der Waals surface area contributed by atoms with Crippen molar-refractivity contribution in [2.24, 2.45) is 0 Å². The first kappa shape index (κ1) is 32.6. The van der Waals surface area contributed by atoms with Crippen LogP contribution in [0, 0.1) is 0 Å². The van der Waals surface area contributed by atoms with Crippen LogP contribution in [0.2, 0.25) is 0 Å². The first-order chi connectivity index (χ1) is 28.8. The normalized spacial score (nSPS) is 13.0. The summed E-state index contributed by atoms with van der Waals surface area (Å²) in [6.45, 7) is 0. The average molecular weight is 742 g/mol. The summed E-state index contributed by atoms with van der Waals surface area (Å²) in [6.07, 6.45) is 0. The van der Waals surface area contributed by atoms with Gasteiger partial charge in [0.05, 0.1) is 27.6 Å². The molecule has 58 heavy (non-hydrogen) atoms. The van der Waals surface area contributed by atoms with Crippen molar-refractivity contribution < 1.29 is 8.83 Å². The Labute approximate surface area is 335 Å². The molecule has 0 N–H and O–H groups in total. The van der Waals surface area contributed by atoms with Crippen molar-refractivity contribution in [1.82, 2.24) is 0 Å². The van der Waals surface area contributed by atoms with Crippen molar-refractivity contribution in [1.29, 1.82) is 0 Å². The van der Waals surface area contributed by atoms with Crippen molar-refractivity contribution in [3.8, 4) is 22.3 Å². The van der Waals surface area contributed by atoms with Crippen molar-refractivity contribution >= 4 is 60.9 Å². The molecule has 3 nitrogen and oxygen atoms in total. The van der Waals surface area contributed by atoms with E-state index in [2.05, 4.69) is 205 Å².